The largest absolute Gasteiger partial charge is 0.472 e. The number of aromatic nitrogens is 2. The Morgan fingerprint density at radius 1 is 1.18 bits per heavy atom. The van der Waals surface area contributed by atoms with Gasteiger partial charge in [-0.1, -0.05) is 17.3 Å². The van der Waals surface area contributed by atoms with Crippen LogP contribution in [-0.2, 0) is 12.2 Å². The first kappa shape index (κ1) is 21.0. The number of hydrogen-bond donors (Lipinski definition) is 1. The van der Waals surface area contributed by atoms with E-state index in [-0.39, 0.29) is 11.8 Å². The highest BCUT2D eigenvalue weighted by molar-refractivity contribution is 7.98. The first-order valence-corrected chi connectivity index (χ1v) is 11.4. The summed E-state index contributed by atoms with van der Waals surface area (Å²) < 4.78 is 10.0. The predicted octanol–water partition coefficient (Wildman–Crippen LogP) is 4.72. The number of anilines is 2. The normalized spacial score (nSPS) is 12.6. The Labute approximate surface area is 194 Å². The number of aryl methyl sites for hydroxylation is 1. The second-order valence-electron chi connectivity index (χ2n) is 7.53. The summed E-state index contributed by atoms with van der Waals surface area (Å²) in [7, 11) is 0. The highest BCUT2D eigenvalue weighted by Gasteiger charge is 2.26. The molecule has 0 unspecified atom stereocenters. The maximum absolute atomic E-state index is 13.0. The number of rotatable bonds is 6. The lowest BCUT2D eigenvalue weighted by Crippen LogP contribution is -2.28. The van der Waals surface area contributed by atoms with Crippen LogP contribution in [0.2, 0.25) is 0 Å². The average Bonchev–Trinajstić information content (AvgIpc) is 3.58. The third-order valence-electron chi connectivity index (χ3n) is 5.30. The molecule has 9 heteroatoms. The number of furan rings is 1. The van der Waals surface area contributed by atoms with Crippen molar-refractivity contribution in [3.8, 4) is 0 Å². The number of hydrogen-bond acceptors (Lipinski definition) is 7. The Balaban J connectivity index is 1.30. The van der Waals surface area contributed by atoms with E-state index in [0.717, 1.165) is 22.6 Å². The molecular weight excluding hydrogens is 440 g/mol. The summed E-state index contributed by atoms with van der Waals surface area (Å²) in [4.78, 5) is 32.5. The van der Waals surface area contributed by atoms with Crippen LogP contribution < -0.4 is 10.2 Å². The standard InChI is InChI=1S/C24H20N4O4S/c1-15-25-22(27-32-15)14-33-21-5-3-2-4-19(21)23(29)26-18-6-7-20-16(12-18)8-10-28(20)24(30)17-9-11-31-13-17/h2-7,9,11-13H,8,10,14H2,1H3,(H,26,29). The minimum atomic E-state index is -0.202. The number of benzene rings is 2. The van der Waals surface area contributed by atoms with Gasteiger partial charge in [-0.3, -0.25) is 9.59 Å². The van der Waals surface area contributed by atoms with Crippen molar-refractivity contribution in [3.05, 3.63) is 89.5 Å². The molecule has 2 aromatic heterocycles. The second-order valence-corrected chi connectivity index (χ2v) is 8.55. The number of nitrogens with zero attached hydrogens (tertiary/aromatic N) is 3. The van der Waals surface area contributed by atoms with Crippen LogP contribution in [0.15, 0.2) is 74.9 Å². The molecule has 8 nitrogen and oxygen atoms in total. The fraction of sp³-hybridized carbons (Fsp3) is 0.167. The average molecular weight is 461 g/mol. The van der Waals surface area contributed by atoms with E-state index in [9.17, 15) is 9.59 Å². The van der Waals surface area contributed by atoms with Crippen LogP contribution in [0.4, 0.5) is 11.4 Å². The molecule has 4 aromatic rings. The summed E-state index contributed by atoms with van der Waals surface area (Å²) in [6, 6.07) is 14.7. The van der Waals surface area contributed by atoms with Crippen molar-refractivity contribution >= 4 is 35.0 Å². The van der Waals surface area contributed by atoms with E-state index in [0.29, 0.717) is 40.8 Å². The SMILES string of the molecule is Cc1nc(CSc2ccccc2C(=O)Nc2ccc3c(c2)CCN3C(=O)c2ccoc2)no1. The quantitative estimate of drug-likeness (QED) is 0.416. The fourth-order valence-corrected chi connectivity index (χ4v) is 4.65. The van der Waals surface area contributed by atoms with Crippen LogP contribution in [0.3, 0.4) is 0 Å². The van der Waals surface area contributed by atoms with Gasteiger partial charge >= 0.3 is 0 Å². The van der Waals surface area contributed by atoms with E-state index >= 15 is 0 Å². The van der Waals surface area contributed by atoms with E-state index in [4.69, 9.17) is 8.94 Å². The van der Waals surface area contributed by atoms with E-state index in [1.165, 1.54) is 24.3 Å². The molecule has 1 aliphatic rings. The third-order valence-corrected chi connectivity index (χ3v) is 6.37. The molecule has 2 aromatic carbocycles. The lowest BCUT2D eigenvalue weighted by Gasteiger charge is -2.17. The number of nitrogens with one attached hydrogen (secondary N) is 1. The molecule has 3 heterocycles. The maximum atomic E-state index is 13.0. The summed E-state index contributed by atoms with van der Waals surface area (Å²) in [6.45, 7) is 2.33. The topological polar surface area (TPSA) is 101 Å². The zero-order valence-corrected chi connectivity index (χ0v) is 18.6. The van der Waals surface area contributed by atoms with Crippen molar-refractivity contribution in [2.45, 2.75) is 24.0 Å². The molecular formula is C24H20N4O4S. The number of carbonyl (C=O) groups is 2. The van der Waals surface area contributed by atoms with E-state index in [1.807, 2.05) is 36.4 Å². The van der Waals surface area contributed by atoms with Crippen molar-refractivity contribution < 1.29 is 18.5 Å². The Morgan fingerprint density at radius 2 is 2.06 bits per heavy atom. The van der Waals surface area contributed by atoms with Gasteiger partial charge in [0.15, 0.2) is 5.82 Å². The Hall–Kier alpha value is -3.85. The van der Waals surface area contributed by atoms with Crippen molar-refractivity contribution in [3.63, 3.8) is 0 Å². The number of carbonyl (C=O) groups excluding carboxylic acids is 2. The number of thioether (sulfide) groups is 1. The van der Waals surface area contributed by atoms with Crippen LogP contribution in [0.5, 0.6) is 0 Å². The van der Waals surface area contributed by atoms with Gasteiger partial charge in [0.2, 0.25) is 5.89 Å². The number of amides is 2. The molecule has 1 N–H and O–H groups in total. The Bertz CT molecular complexity index is 1320. The molecule has 0 bridgehead atoms. The van der Waals surface area contributed by atoms with E-state index in [1.54, 1.807) is 24.0 Å². The van der Waals surface area contributed by atoms with Gasteiger partial charge in [0.25, 0.3) is 11.8 Å². The monoisotopic (exact) mass is 460 g/mol. The third kappa shape index (κ3) is 4.40. The van der Waals surface area contributed by atoms with Gasteiger partial charge in [0.05, 0.1) is 23.1 Å². The predicted molar refractivity (Wildman–Crippen MR) is 124 cm³/mol. The first-order valence-electron chi connectivity index (χ1n) is 10.4. The molecule has 166 valence electrons. The molecule has 0 fully saturated rings. The molecule has 0 atom stereocenters. The lowest BCUT2D eigenvalue weighted by atomic mass is 10.1. The molecule has 5 rings (SSSR count). The fourth-order valence-electron chi connectivity index (χ4n) is 3.75. The summed E-state index contributed by atoms with van der Waals surface area (Å²) in [6.07, 6.45) is 3.66. The lowest BCUT2D eigenvalue weighted by molar-refractivity contribution is 0.0986. The van der Waals surface area contributed by atoms with Crippen molar-refractivity contribution in [2.24, 2.45) is 0 Å². The van der Waals surface area contributed by atoms with Crippen molar-refractivity contribution in [2.75, 3.05) is 16.8 Å². The van der Waals surface area contributed by atoms with Crippen LogP contribution in [0.25, 0.3) is 0 Å². The molecule has 0 spiro atoms. The molecule has 0 saturated carbocycles. The minimum absolute atomic E-state index is 0.0953. The van der Waals surface area contributed by atoms with E-state index in [2.05, 4.69) is 15.5 Å². The highest BCUT2D eigenvalue weighted by atomic mass is 32.2. The van der Waals surface area contributed by atoms with Gasteiger partial charge in [-0.2, -0.15) is 4.98 Å². The minimum Gasteiger partial charge on any atom is -0.472 e. The highest BCUT2D eigenvalue weighted by Crippen LogP contribution is 2.32. The molecule has 33 heavy (non-hydrogen) atoms. The van der Waals surface area contributed by atoms with Gasteiger partial charge in [-0.05, 0) is 48.4 Å². The zero-order chi connectivity index (χ0) is 22.8. The maximum Gasteiger partial charge on any atom is 0.261 e. The van der Waals surface area contributed by atoms with E-state index < -0.39 is 0 Å². The van der Waals surface area contributed by atoms with Gasteiger partial charge in [-0.15, -0.1) is 11.8 Å². The molecule has 0 aliphatic carbocycles. The summed E-state index contributed by atoms with van der Waals surface area (Å²) in [5.74, 6) is 1.30. The van der Waals surface area contributed by atoms with Gasteiger partial charge < -0.3 is 19.2 Å². The molecule has 2 amide bonds. The molecule has 0 saturated heterocycles. The Kier molecular flexibility index (Phi) is 5.70. The van der Waals surface area contributed by atoms with Crippen LogP contribution in [-0.4, -0.2) is 28.5 Å². The van der Waals surface area contributed by atoms with Crippen LogP contribution >= 0.6 is 11.8 Å². The molecule has 1 aliphatic heterocycles. The Morgan fingerprint density at radius 3 is 2.85 bits per heavy atom. The first-order chi connectivity index (χ1) is 16.1. The van der Waals surface area contributed by atoms with Gasteiger partial charge in [0.1, 0.15) is 6.26 Å². The zero-order valence-electron chi connectivity index (χ0n) is 17.8. The van der Waals surface area contributed by atoms with Crippen LogP contribution in [0.1, 0.15) is 38.0 Å². The number of fused-ring (bicyclic) bond motifs is 1. The van der Waals surface area contributed by atoms with Crippen LogP contribution in [0, 0.1) is 6.92 Å². The summed E-state index contributed by atoms with van der Waals surface area (Å²) >= 11 is 1.48. The van der Waals surface area contributed by atoms with Gasteiger partial charge in [-0.25, -0.2) is 0 Å². The summed E-state index contributed by atoms with van der Waals surface area (Å²) in [5.41, 5.74) is 3.64. The smallest absolute Gasteiger partial charge is 0.261 e. The summed E-state index contributed by atoms with van der Waals surface area (Å²) in [5, 5.41) is 6.88. The van der Waals surface area contributed by atoms with Crippen molar-refractivity contribution in [1.82, 2.24) is 10.1 Å². The second kappa shape index (κ2) is 8.95. The van der Waals surface area contributed by atoms with Gasteiger partial charge in [0, 0.05) is 29.7 Å². The van der Waals surface area contributed by atoms with Crippen molar-refractivity contribution in [1.29, 1.82) is 0 Å². The molecule has 0 radical (unpaired) electrons.